The molecule has 0 radical (unpaired) electrons. The normalized spacial score (nSPS) is 20.9. The lowest BCUT2D eigenvalue weighted by atomic mass is 10.0. The lowest BCUT2D eigenvalue weighted by Gasteiger charge is -2.26. The third kappa shape index (κ3) is 4.45. The molecule has 1 atom stereocenters. The Bertz CT molecular complexity index is 995. The van der Waals surface area contributed by atoms with Crippen LogP contribution in [0.25, 0.3) is 22.0 Å². The lowest BCUT2D eigenvalue weighted by molar-refractivity contribution is 0.152. The molecule has 2 N–H and O–H groups in total. The summed E-state index contributed by atoms with van der Waals surface area (Å²) >= 11 is 2.06. The van der Waals surface area contributed by atoms with Crippen molar-refractivity contribution < 1.29 is 5.11 Å². The fourth-order valence-electron chi connectivity index (χ4n) is 4.85. The van der Waals surface area contributed by atoms with Crippen molar-refractivity contribution in [2.24, 2.45) is 0 Å². The molecule has 158 valence electrons. The molecule has 2 aliphatic heterocycles. The van der Waals surface area contributed by atoms with Crippen LogP contribution < -0.4 is 0 Å². The molecule has 1 aromatic heterocycles. The highest BCUT2D eigenvalue weighted by Gasteiger charge is 2.24. The minimum Gasteiger partial charge on any atom is -0.395 e. The van der Waals surface area contributed by atoms with Crippen LogP contribution in [0.4, 0.5) is 0 Å². The van der Waals surface area contributed by atoms with Crippen LogP contribution in [0.15, 0.2) is 48.5 Å². The Labute approximate surface area is 183 Å². The van der Waals surface area contributed by atoms with Gasteiger partial charge < -0.3 is 10.1 Å². The topological polar surface area (TPSA) is 42.5 Å². The largest absolute Gasteiger partial charge is 0.395 e. The molecule has 0 amide bonds. The summed E-state index contributed by atoms with van der Waals surface area (Å²) in [7, 11) is 0. The van der Waals surface area contributed by atoms with E-state index >= 15 is 0 Å². The van der Waals surface area contributed by atoms with Crippen molar-refractivity contribution in [2.45, 2.75) is 32.0 Å². The second-order valence-corrected chi connectivity index (χ2v) is 9.86. The average Bonchev–Trinajstić information content (AvgIpc) is 3.40. The molecule has 0 saturated carbocycles. The Morgan fingerprint density at radius 1 is 0.967 bits per heavy atom. The fraction of sp³-hybridized carbons (Fsp3) is 0.440. The highest BCUT2D eigenvalue weighted by Crippen LogP contribution is 2.27. The number of thioether (sulfide) groups is 1. The summed E-state index contributed by atoms with van der Waals surface area (Å²) in [5.41, 5.74) is 6.40. The van der Waals surface area contributed by atoms with Crippen LogP contribution in [0.5, 0.6) is 0 Å². The first-order chi connectivity index (χ1) is 14.8. The maximum Gasteiger partial charge on any atom is 0.0587 e. The predicted molar refractivity (Wildman–Crippen MR) is 127 cm³/mol. The number of likely N-dealkylation sites (tertiary alicyclic amines) is 1. The second-order valence-electron chi connectivity index (χ2n) is 8.63. The molecule has 2 saturated heterocycles. The SMILES string of the molecule is OC[C@H]1CCCN1Cc1cc2cc(-c3cccc(CN4CCSCC4)c3)ccc2[nH]1. The number of hydrogen-bond acceptors (Lipinski definition) is 4. The van der Waals surface area contributed by atoms with E-state index in [9.17, 15) is 5.11 Å². The maximum atomic E-state index is 9.59. The lowest BCUT2D eigenvalue weighted by Crippen LogP contribution is -2.31. The van der Waals surface area contributed by atoms with Crippen molar-refractivity contribution in [1.82, 2.24) is 14.8 Å². The van der Waals surface area contributed by atoms with E-state index in [1.165, 1.54) is 64.3 Å². The number of rotatable bonds is 6. The minimum absolute atomic E-state index is 0.261. The Morgan fingerprint density at radius 2 is 1.83 bits per heavy atom. The molecule has 3 aromatic rings. The van der Waals surface area contributed by atoms with Crippen molar-refractivity contribution in [1.29, 1.82) is 0 Å². The van der Waals surface area contributed by atoms with Crippen molar-refractivity contribution in [2.75, 3.05) is 37.7 Å². The molecule has 5 heteroatoms. The van der Waals surface area contributed by atoms with Gasteiger partial charge in [-0.2, -0.15) is 11.8 Å². The van der Waals surface area contributed by atoms with Crippen LogP contribution >= 0.6 is 11.8 Å². The van der Waals surface area contributed by atoms with Crippen molar-refractivity contribution in [3.8, 4) is 11.1 Å². The molecule has 30 heavy (non-hydrogen) atoms. The average molecular weight is 422 g/mol. The molecule has 2 fully saturated rings. The molecule has 0 aliphatic carbocycles. The van der Waals surface area contributed by atoms with Crippen LogP contribution in [0.1, 0.15) is 24.1 Å². The van der Waals surface area contributed by atoms with Gasteiger partial charge in [-0.05, 0) is 60.3 Å². The minimum atomic E-state index is 0.261. The van der Waals surface area contributed by atoms with E-state index in [4.69, 9.17) is 0 Å². The summed E-state index contributed by atoms with van der Waals surface area (Å²) in [5, 5.41) is 10.9. The quantitative estimate of drug-likeness (QED) is 0.621. The van der Waals surface area contributed by atoms with E-state index in [0.717, 1.165) is 26.1 Å². The van der Waals surface area contributed by atoms with Crippen LogP contribution in [0.2, 0.25) is 0 Å². The third-order valence-electron chi connectivity index (χ3n) is 6.53. The van der Waals surface area contributed by atoms with Crippen molar-refractivity contribution >= 4 is 22.7 Å². The molecule has 0 spiro atoms. The molecule has 5 rings (SSSR count). The van der Waals surface area contributed by atoms with Gasteiger partial charge in [0.25, 0.3) is 0 Å². The fourth-order valence-corrected chi connectivity index (χ4v) is 5.83. The highest BCUT2D eigenvalue weighted by molar-refractivity contribution is 7.99. The number of nitrogens with one attached hydrogen (secondary N) is 1. The van der Waals surface area contributed by atoms with Gasteiger partial charge in [-0.15, -0.1) is 0 Å². The van der Waals surface area contributed by atoms with Crippen LogP contribution in [-0.2, 0) is 13.1 Å². The first-order valence-corrected chi connectivity index (χ1v) is 12.3. The summed E-state index contributed by atoms with van der Waals surface area (Å²) in [5.74, 6) is 2.51. The first kappa shape index (κ1) is 20.1. The molecule has 4 nitrogen and oxygen atoms in total. The van der Waals surface area contributed by atoms with E-state index < -0.39 is 0 Å². The number of hydrogen-bond donors (Lipinski definition) is 2. The standard InChI is InChI=1S/C25H31N3OS/c29-18-24-5-2-8-28(24)17-23-15-22-14-21(6-7-25(22)26-23)20-4-1-3-19(13-20)16-27-9-11-30-12-10-27/h1,3-4,6-7,13-15,24,26,29H,2,5,8-12,16-18H2/t24-/m1/s1. The Kier molecular flexibility index (Phi) is 6.14. The van der Waals surface area contributed by atoms with Crippen LogP contribution in [0, 0.1) is 0 Å². The van der Waals surface area contributed by atoms with Crippen molar-refractivity contribution in [3.63, 3.8) is 0 Å². The number of aliphatic hydroxyl groups is 1. The summed E-state index contributed by atoms with van der Waals surface area (Å²) in [6.45, 7) is 5.67. The summed E-state index contributed by atoms with van der Waals surface area (Å²) in [6.07, 6.45) is 2.29. The van der Waals surface area contributed by atoms with Gasteiger partial charge in [-0.25, -0.2) is 0 Å². The van der Waals surface area contributed by atoms with Crippen molar-refractivity contribution in [3.05, 3.63) is 59.8 Å². The van der Waals surface area contributed by atoms with Crippen LogP contribution in [-0.4, -0.2) is 63.7 Å². The highest BCUT2D eigenvalue weighted by atomic mass is 32.2. The zero-order chi connectivity index (χ0) is 20.3. The van der Waals surface area contributed by atoms with Gasteiger partial charge in [0.05, 0.1) is 6.61 Å². The van der Waals surface area contributed by atoms with Gasteiger partial charge in [0.15, 0.2) is 0 Å². The monoisotopic (exact) mass is 421 g/mol. The second kappa shape index (κ2) is 9.15. The summed E-state index contributed by atoms with van der Waals surface area (Å²) < 4.78 is 0. The number of aliphatic hydroxyl groups excluding tert-OH is 1. The number of nitrogens with zero attached hydrogens (tertiary/aromatic N) is 2. The van der Waals surface area contributed by atoms with E-state index in [0.29, 0.717) is 6.04 Å². The van der Waals surface area contributed by atoms with E-state index in [1.807, 2.05) is 0 Å². The molecular formula is C25H31N3OS. The Hall–Kier alpha value is -1.79. The number of benzene rings is 2. The van der Waals surface area contributed by atoms with Gasteiger partial charge in [0.2, 0.25) is 0 Å². The third-order valence-corrected chi connectivity index (χ3v) is 7.47. The summed E-state index contributed by atoms with van der Waals surface area (Å²) in [6, 6.07) is 18.4. The molecular weight excluding hydrogens is 390 g/mol. The Balaban J connectivity index is 1.34. The van der Waals surface area contributed by atoms with Crippen LogP contribution in [0.3, 0.4) is 0 Å². The van der Waals surface area contributed by atoms with Gasteiger partial charge in [0, 0.05) is 60.3 Å². The van der Waals surface area contributed by atoms with Gasteiger partial charge in [-0.1, -0.05) is 24.3 Å². The Morgan fingerprint density at radius 3 is 2.70 bits per heavy atom. The molecule has 0 bridgehead atoms. The van der Waals surface area contributed by atoms with E-state index in [1.54, 1.807) is 0 Å². The van der Waals surface area contributed by atoms with E-state index in [2.05, 4.69) is 75.1 Å². The van der Waals surface area contributed by atoms with Gasteiger partial charge in [0.1, 0.15) is 0 Å². The first-order valence-electron chi connectivity index (χ1n) is 11.1. The number of aromatic nitrogens is 1. The smallest absolute Gasteiger partial charge is 0.0587 e. The van der Waals surface area contributed by atoms with Gasteiger partial charge in [-0.3, -0.25) is 9.80 Å². The predicted octanol–water partition coefficient (Wildman–Crippen LogP) is 4.34. The van der Waals surface area contributed by atoms with Gasteiger partial charge >= 0.3 is 0 Å². The van der Waals surface area contributed by atoms with E-state index in [-0.39, 0.29) is 6.61 Å². The number of H-pyrrole nitrogens is 1. The number of fused-ring (bicyclic) bond motifs is 1. The molecule has 2 aliphatic rings. The number of aromatic amines is 1. The zero-order valence-electron chi connectivity index (χ0n) is 17.5. The summed E-state index contributed by atoms with van der Waals surface area (Å²) in [4.78, 5) is 8.54. The molecule has 0 unspecified atom stereocenters. The molecule has 3 heterocycles. The molecule has 2 aromatic carbocycles. The zero-order valence-corrected chi connectivity index (χ0v) is 18.3. The maximum absolute atomic E-state index is 9.59.